The number of halogens is 1. The van der Waals surface area contributed by atoms with E-state index in [0.717, 1.165) is 42.9 Å². The summed E-state index contributed by atoms with van der Waals surface area (Å²) < 4.78 is 19.4. The van der Waals surface area contributed by atoms with Crippen molar-refractivity contribution in [3.8, 4) is 16.9 Å². The molecule has 1 heterocycles. The van der Waals surface area contributed by atoms with Crippen molar-refractivity contribution in [3.63, 3.8) is 0 Å². The van der Waals surface area contributed by atoms with Gasteiger partial charge in [0.25, 0.3) is 0 Å². The molecule has 6 heteroatoms. The topological polar surface area (TPSA) is 61.8 Å². The smallest absolute Gasteiger partial charge is 0.162 e. The summed E-state index contributed by atoms with van der Waals surface area (Å²) in [7, 11) is 0. The number of aliphatic hydroxyl groups excluding tert-OH is 1. The lowest BCUT2D eigenvalue weighted by Crippen LogP contribution is -2.27. The molecule has 5 nitrogen and oxygen atoms in total. The van der Waals surface area contributed by atoms with Gasteiger partial charge in [-0.1, -0.05) is 66.8 Å². The number of carbonyl (C=O) groups is 1. The van der Waals surface area contributed by atoms with Gasteiger partial charge in [0.05, 0.1) is 0 Å². The maximum Gasteiger partial charge on any atom is 0.162 e. The number of ketones is 1. The van der Waals surface area contributed by atoms with E-state index in [1.54, 1.807) is 6.08 Å². The van der Waals surface area contributed by atoms with E-state index in [-0.39, 0.29) is 24.1 Å². The molecule has 0 spiro atoms. The molecular weight excluding hydrogens is 539 g/mol. The van der Waals surface area contributed by atoms with Gasteiger partial charge in [-0.15, -0.1) is 0 Å². The van der Waals surface area contributed by atoms with Gasteiger partial charge in [0.1, 0.15) is 18.2 Å². The molecule has 4 rings (SSSR count). The van der Waals surface area contributed by atoms with Crippen LogP contribution in [0, 0.1) is 5.92 Å². The summed E-state index contributed by atoms with van der Waals surface area (Å²) in [5, 5.41) is 13.5. The number of allylic oxidation sites excluding steroid dienone is 4. The number of fused-ring (bicyclic) bond motifs is 1. The Morgan fingerprint density at radius 2 is 1.88 bits per heavy atom. The molecule has 3 aromatic rings. The fraction of sp³-hybridized carbons (Fsp3) is 0.324. The first-order valence-electron chi connectivity index (χ1n) is 15.1. The van der Waals surface area contributed by atoms with Gasteiger partial charge in [-0.25, -0.2) is 4.39 Å². The third-order valence-electron chi connectivity index (χ3n) is 7.77. The molecule has 2 N–H and O–H groups in total. The van der Waals surface area contributed by atoms with Gasteiger partial charge in [-0.05, 0) is 85.3 Å². The first-order valence-corrected chi connectivity index (χ1v) is 15.1. The first kappa shape index (κ1) is 32.1. The molecule has 0 aromatic heterocycles. The average molecular weight is 583 g/mol. The summed E-state index contributed by atoms with van der Waals surface area (Å²) in [6.45, 7) is 9.60. The summed E-state index contributed by atoms with van der Waals surface area (Å²) in [6.07, 6.45) is 6.19. The van der Waals surface area contributed by atoms with Gasteiger partial charge in [-0.3, -0.25) is 9.69 Å². The van der Waals surface area contributed by atoms with Gasteiger partial charge >= 0.3 is 0 Å². The van der Waals surface area contributed by atoms with Crippen LogP contribution in [-0.2, 0) is 13.1 Å². The third-order valence-corrected chi connectivity index (χ3v) is 7.77. The molecule has 0 fully saturated rings. The van der Waals surface area contributed by atoms with Gasteiger partial charge in [0.2, 0.25) is 0 Å². The van der Waals surface area contributed by atoms with E-state index >= 15 is 0 Å². The molecule has 1 unspecified atom stereocenters. The highest BCUT2D eigenvalue weighted by molar-refractivity contribution is 5.96. The number of rotatable bonds is 15. The summed E-state index contributed by atoms with van der Waals surface area (Å²) in [5.74, 6) is 0.564. The SMILES string of the molecule is C=C/C(F)=C\C=C(/C)CN1CCOc2ccc(C(=O)CCC(CO)CCNCc3cccc(-c4ccccc4)c3)cc2C1. The summed E-state index contributed by atoms with van der Waals surface area (Å²) >= 11 is 0. The molecule has 226 valence electrons. The van der Waals surface area contributed by atoms with Gasteiger partial charge in [0.15, 0.2) is 5.78 Å². The minimum absolute atomic E-state index is 0.0569. The molecule has 0 bridgehead atoms. The Bertz CT molecular complexity index is 1420. The molecule has 0 radical (unpaired) electrons. The van der Waals surface area contributed by atoms with Crippen molar-refractivity contribution in [1.82, 2.24) is 10.2 Å². The quantitative estimate of drug-likeness (QED) is 0.112. The van der Waals surface area contributed by atoms with E-state index in [1.165, 1.54) is 28.8 Å². The van der Waals surface area contributed by atoms with Gasteiger partial charge in [0, 0.05) is 50.3 Å². The second-order valence-electron chi connectivity index (χ2n) is 11.2. The van der Waals surface area contributed by atoms with Crippen LogP contribution >= 0.6 is 0 Å². The third kappa shape index (κ3) is 10.1. The van der Waals surface area contributed by atoms with Crippen LogP contribution in [0.1, 0.15) is 47.7 Å². The summed E-state index contributed by atoms with van der Waals surface area (Å²) in [4.78, 5) is 15.4. The van der Waals surface area contributed by atoms with Crippen molar-refractivity contribution in [3.05, 3.63) is 126 Å². The van der Waals surface area contributed by atoms with E-state index in [4.69, 9.17) is 4.74 Å². The average Bonchev–Trinajstić information content (AvgIpc) is 3.24. The van der Waals surface area contributed by atoms with E-state index < -0.39 is 0 Å². The van der Waals surface area contributed by atoms with Crippen LogP contribution in [0.15, 0.2) is 109 Å². The van der Waals surface area contributed by atoms with Crippen molar-refractivity contribution >= 4 is 5.78 Å². The van der Waals surface area contributed by atoms with E-state index in [2.05, 4.69) is 53.2 Å². The maximum absolute atomic E-state index is 13.4. The highest BCUT2D eigenvalue weighted by Gasteiger charge is 2.18. The Morgan fingerprint density at radius 1 is 1.07 bits per heavy atom. The second kappa shape index (κ2) is 16.7. The lowest BCUT2D eigenvalue weighted by molar-refractivity contribution is 0.0965. The molecule has 3 aromatic carbocycles. The van der Waals surface area contributed by atoms with Crippen LogP contribution < -0.4 is 10.1 Å². The Morgan fingerprint density at radius 3 is 2.67 bits per heavy atom. The van der Waals surface area contributed by atoms with Crippen LogP contribution in [0.5, 0.6) is 5.75 Å². The highest BCUT2D eigenvalue weighted by atomic mass is 19.1. The van der Waals surface area contributed by atoms with Crippen LogP contribution in [0.25, 0.3) is 11.1 Å². The number of Topliss-reactive ketones (excluding diaryl/α,β-unsaturated/α-hetero) is 1. The molecule has 1 atom stereocenters. The summed E-state index contributed by atoms with van der Waals surface area (Å²) in [6, 6.07) is 24.5. The molecule has 0 saturated carbocycles. The Kier molecular flexibility index (Phi) is 12.5. The largest absolute Gasteiger partial charge is 0.492 e. The minimum Gasteiger partial charge on any atom is -0.492 e. The van der Waals surface area contributed by atoms with E-state index in [9.17, 15) is 14.3 Å². The number of ether oxygens (including phenoxy) is 1. The number of hydrogen-bond donors (Lipinski definition) is 2. The zero-order chi connectivity index (χ0) is 30.4. The van der Waals surface area contributed by atoms with Crippen molar-refractivity contribution in [1.29, 1.82) is 0 Å². The van der Waals surface area contributed by atoms with Crippen LogP contribution in [0.2, 0.25) is 0 Å². The van der Waals surface area contributed by atoms with E-state index in [0.29, 0.717) is 38.1 Å². The maximum atomic E-state index is 13.4. The minimum atomic E-state index is -0.364. The molecule has 0 amide bonds. The monoisotopic (exact) mass is 582 g/mol. The normalized spacial score (nSPS) is 14.9. The van der Waals surface area contributed by atoms with Crippen molar-refractivity contribution in [2.24, 2.45) is 5.92 Å². The van der Waals surface area contributed by atoms with E-state index in [1.807, 2.05) is 43.3 Å². The summed E-state index contributed by atoms with van der Waals surface area (Å²) in [5.41, 5.74) is 6.28. The fourth-order valence-electron chi connectivity index (χ4n) is 5.29. The molecule has 1 aliphatic rings. The van der Waals surface area contributed by atoms with Crippen LogP contribution in [-0.4, -0.2) is 48.6 Å². The number of hydrogen-bond acceptors (Lipinski definition) is 5. The lowest BCUT2D eigenvalue weighted by atomic mass is 9.95. The van der Waals surface area contributed by atoms with Crippen molar-refractivity contribution < 1.29 is 19.0 Å². The highest BCUT2D eigenvalue weighted by Crippen LogP contribution is 2.26. The standard InChI is InChI=1S/C37H43FN2O3/c1-3-35(38)15-12-28(2)25-40-20-21-43-37-17-14-33(23-34(37)26-40)36(42)16-13-29(27-41)18-19-39-24-30-8-7-11-32(22-30)31-9-5-4-6-10-31/h3-12,14-15,17,22-23,29,39,41H,1,13,16,18-21,24-27H2,2H3/b28-12+,35-15+. The lowest BCUT2D eigenvalue weighted by Gasteiger charge is -2.19. The number of nitrogens with zero attached hydrogens (tertiary/aromatic N) is 1. The van der Waals surface area contributed by atoms with Gasteiger partial charge in [-0.2, -0.15) is 0 Å². The zero-order valence-corrected chi connectivity index (χ0v) is 25.1. The predicted molar refractivity (Wildman–Crippen MR) is 173 cm³/mol. The zero-order valence-electron chi connectivity index (χ0n) is 25.1. The molecule has 43 heavy (non-hydrogen) atoms. The van der Waals surface area contributed by atoms with Crippen LogP contribution in [0.4, 0.5) is 4.39 Å². The van der Waals surface area contributed by atoms with Gasteiger partial charge < -0.3 is 15.2 Å². The fourth-order valence-corrected chi connectivity index (χ4v) is 5.29. The molecule has 1 aliphatic heterocycles. The predicted octanol–water partition coefficient (Wildman–Crippen LogP) is 7.29. The Balaban J connectivity index is 1.25. The molecule has 0 saturated heterocycles. The number of aliphatic hydroxyl groups is 1. The second-order valence-corrected chi connectivity index (χ2v) is 11.2. The number of carbonyl (C=O) groups excluding carboxylic acids is 1. The Hall–Kier alpha value is -3.84. The van der Waals surface area contributed by atoms with Crippen molar-refractivity contribution in [2.45, 2.75) is 39.3 Å². The first-order chi connectivity index (χ1) is 20.9. The van der Waals surface area contributed by atoms with Crippen molar-refractivity contribution in [2.75, 3.05) is 32.8 Å². The number of nitrogens with one attached hydrogen (secondary N) is 1. The van der Waals surface area contributed by atoms with Crippen LogP contribution in [0.3, 0.4) is 0 Å². The Labute approximate surface area is 255 Å². The number of benzene rings is 3. The molecule has 0 aliphatic carbocycles. The molecular formula is C37H43FN2O3.